The molecule has 2 rings (SSSR count). The van der Waals surface area contributed by atoms with E-state index in [9.17, 15) is 0 Å². The van der Waals surface area contributed by atoms with E-state index in [0.29, 0.717) is 0 Å². The molecule has 0 aliphatic carbocycles. The number of para-hydroxylation sites is 1. The molecule has 0 amide bonds. The third-order valence-electron chi connectivity index (χ3n) is 13.6. The van der Waals surface area contributed by atoms with Crippen molar-refractivity contribution < 1.29 is 27.1 Å². The Hall–Kier alpha value is -1.26. The first-order valence-corrected chi connectivity index (χ1v) is 33.2. The summed E-state index contributed by atoms with van der Waals surface area (Å²) in [5.74, 6) is 1.68. The average Bonchev–Trinajstić information content (AvgIpc) is 3.38. The quantitative estimate of drug-likeness (QED) is 0.0486. The van der Waals surface area contributed by atoms with Gasteiger partial charge in [-0.1, -0.05) is 310 Å². The zero-order chi connectivity index (χ0) is 52.1. The largest absolute Gasteiger partial charge is 0.427 e. The second-order valence-electron chi connectivity index (χ2n) is 21.8. The lowest BCUT2D eigenvalue weighted by Gasteiger charge is -2.20. The van der Waals surface area contributed by atoms with E-state index in [-0.39, 0.29) is 5.41 Å². The lowest BCUT2D eigenvalue weighted by Crippen LogP contribution is -2.10. The maximum absolute atomic E-state index is 6.19. The maximum atomic E-state index is 6.19. The first-order valence-electron chi connectivity index (χ1n) is 31.0. The summed E-state index contributed by atoms with van der Waals surface area (Å²) < 4.78 is 36.5. The lowest BCUT2D eigenvalue weighted by molar-refractivity contribution is 0.198. The molecule has 0 heterocycles. The van der Waals surface area contributed by atoms with Crippen molar-refractivity contribution in [1.82, 2.24) is 0 Å². The van der Waals surface area contributed by atoms with Crippen LogP contribution < -0.4 is 9.05 Å². The van der Waals surface area contributed by atoms with Gasteiger partial charge in [0.15, 0.2) is 0 Å². The third-order valence-corrected chi connectivity index (χ3v) is 15.9. The van der Waals surface area contributed by atoms with Crippen molar-refractivity contribution in [1.29, 1.82) is 0 Å². The molecule has 6 nitrogen and oxygen atoms in total. The molecule has 0 aliphatic rings. The SMILES string of the molecule is CCCCCCCCCCCCOP(OCCCCCCCCCCCC)Oc1ccc(C(C)(C)C)cc1.CCCCCCCCCCCCOP(OCCCCCCCCCCCC)Oc1ccccc1. The van der Waals surface area contributed by atoms with Gasteiger partial charge in [0.1, 0.15) is 11.5 Å². The van der Waals surface area contributed by atoms with Gasteiger partial charge in [0.2, 0.25) is 0 Å². The van der Waals surface area contributed by atoms with E-state index >= 15 is 0 Å². The highest BCUT2D eigenvalue weighted by atomic mass is 31.2. The van der Waals surface area contributed by atoms with Crippen molar-refractivity contribution >= 4 is 17.2 Å². The fourth-order valence-corrected chi connectivity index (χ4v) is 10.8. The fourth-order valence-electron chi connectivity index (χ4n) is 8.76. The zero-order valence-electron chi connectivity index (χ0n) is 48.7. The molecule has 72 heavy (non-hydrogen) atoms. The van der Waals surface area contributed by atoms with E-state index in [0.717, 1.165) is 63.6 Å². The van der Waals surface area contributed by atoms with Crippen LogP contribution in [0, 0.1) is 0 Å². The van der Waals surface area contributed by atoms with Crippen molar-refractivity contribution in [2.75, 3.05) is 26.4 Å². The molecular formula is C64H118O6P2. The van der Waals surface area contributed by atoms with Crippen LogP contribution in [0.1, 0.15) is 311 Å². The van der Waals surface area contributed by atoms with Crippen LogP contribution in [-0.4, -0.2) is 26.4 Å². The maximum Gasteiger partial charge on any atom is 0.397 e. The van der Waals surface area contributed by atoms with E-state index in [1.54, 1.807) is 0 Å². The van der Waals surface area contributed by atoms with Gasteiger partial charge in [-0.2, -0.15) is 0 Å². The van der Waals surface area contributed by atoms with Crippen LogP contribution in [0.4, 0.5) is 0 Å². The van der Waals surface area contributed by atoms with Gasteiger partial charge in [-0.25, -0.2) is 0 Å². The number of rotatable bonds is 52. The van der Waals surface area contributed by atoms with E-state index in [1.807, 2.05) is 30.3 Å². The minimum atomic E-state index is -1.35. The molecule has 420 valence electrons. The fraction of sp³-hybridized carbons (Fsp3) is 0.812. The van der Waals surface area contributed by atoms with Crippen LogP contribution in [0.3, 0.4) is 0 Å². The van der Waals surface area contributed by atoms with Gasteiger partial charge in [0.25, 0.3) is 0 Å². The van der Waals surface area contributed by atoms with Gasteiger partial charge in [0.05, 0.1) is 26.4 Å². The molecule has 2 aromatic rings. The second-order valence-corrected chi connectivity index (χ2v) is 24.1. The van der Waals surface area contributed by atoms with E-state index in [4.69, 9.17) is 27.1 Å². The summed E-state index contributed by atoms with van der Waals surface area (Å²) in [5, 5.41) is 0. The first-order chi connectivity index (χ1) is 35.3. The molecule has 8 heteroatoms. The predicted molar refractivity (Wildman–Crippen MR) is 318 cm³/mol. The van der Waals surface area contributed by atoms with Gasteiger partial charge in [-0.05, 0) is 60.9 Å². The Morgan fingerprint density at radius 3 is 0.736 bits per heavy atom. The minimum Gasteiger partial charge on any atom is -0.427 e. The normalized spacial score (nSPS) is 11.7. The molecule has 0 aromatic heterocycles. The highest BCUT2D eigenvalue weighted by molar-refractivity contribution is 7.42. The van der Waals surface area contributed by atoms with Crippen LogP contribution in [0.25, 0.3) is 0 Å². The highest BCUT2D eigenvalue weighted by Gasteiger charge is 2.18. The van der Waals surface area contributed by atoms with Crippen LogP contribution in [0.2, 0.25) is 0 Å². The first kappa shape index (κ1) is 68.8. The molecule has 0 unspecified atom stereocenters. The summed E-state index contributed by atoms with van der Waals surface area (Å²) in [6.07, 6.45) is 53.3. The highest BCUT2D eigenvalue weighted by Crippen LogP contribution is 2.42. The van der Waals surface area contributed by atoms with Crippen molar-refractivity contribution in [2.24, 2.45) is 0 Å². The zero-order valence-corrected chi connectivity index (χ0v) is 50.4. The van der Waals surface area contributed by atoms with Crippen molar-refractivity contribution in [3.05, 3.63) is 60.2 Å². The Balaban J connectivity index is 0.000000724. The Kier molecular flexibility index (Phi) is 50.8. The van der Waals surface area contributed by atoms with Gasteiger partial charge < -0.3 is 27.1 Å². The molecule has 0 saturated carbocycles. The lowest BCUT2D eigenvalue weighted by atomic mass is 9.87. The Labute approximate surface area is 451 Å². The van der Waals surface area contributed by atoms with Gasteiger partial charge in [-0.3, -0.25) is 0 Å². The number of hydrogen-bond donors (Lipinski definition) is 0. The summed E-state index contributed by atoms with van der Waals surface area (Å²) >= 11 is 0. The van der Waals surface area contributed by atoms with Gasteiger partial charge in [-0.15, -0.1) is 0 Å². The summed E-state index contributed by atoms with van der Waals surface area (Å²) in [5.41, 5.74) is 1.45. The molecule has 2 aromatic carbocycles. The molecule has 0 spiro atoms. The molecule has 0 aliphatic heterocycles. The number of hydrogen-bond acceptors (Lipinski definition) is 6. The Morgan fingerprint density at radius 1 is 0.278 bits per heavy atom. The topological polar surface area (TPSA) is 55.4 Å². The van der Waals surface area contributed by atoms with Crippen molar-refractivity contribution in [3.63, 3.8) is 0 Å². The van der Waals surface area contributed by atoms with Crippen molar-refractivity contribution in [2.45, 2.75) is 311 Å². The van der Waals surface area contributed by atoms with Crippen LogP contribution >= 0.6 is 17.2 Å². The summed E-state index contributed by atoms with van der Waals surface area (Å²) in [6.45, 7) is 18.7. The minimum absolute atomic E-state index is 0.140. The molecular weight excluding hydrogens is 927 g/mol. The average molecular weight is 1050 g/mol. The molecule has 0 saturated heterocycles. The predicted octanol–water partition coefficient (Wildman–Crippen LogP) is 23.6. The van der Waals surface area contributed by atoms with Gasteiger partial charge in [0, 0.05) is 0 Å². The summed E-state index contributed by atoms with van der Waals surface area (Å²) in [6, 6.07) is 18.4. The molecule has 0 N–H and O–H groups in total. The van der Waals surface area contributed by atoms with E-state index in [2.05, 4.69) is 72.7 Å². The Morgan fingerprint density at radius 2 is 0.500 bits per heavy atom. The monoisotopic (exact) mass is 1040 g/mol. The van der Waals surface area contributed by atoms with Crippen molar-refractivity contribution in [3.8, 4) is 11.5 Å². The third kappa shape index (κ3) is 46.1. The summed E-state index contributed by atoms with van der Waals surface area (Å²) in [4.78, 5) is 0. The Bertz CT molecular complexity index is 1290. The molecule has 0 radical (unpaired) electrons. The second kappa shape index (κ2) is 53.2. The van der Waals surface area contributed by atoms with Crippen LogP contribution in [0.15, 0.2) is 54.6 Å². The van der Waals surface area contributed by atoms with Gasteiger partial charge >= 0.3 is 17.2 Å². The van der Waals surface area contributed by atoms with E-state index in [1.165, 1.54) is 237 Å². The summed E-state index contributed by atoms with van der Waals surface area (Å²) in [7, 11) is -2.66. The number of benzene rings is 2. The molecule has 0 fully saturated rings. The molecule has 0 bridgehead atoms. The van der Waals surface area contributed by atoms with Crippen LogP contribution in [-0.2, 0) is 23.5 Å². The standard InChI is InChI=1S/C34H63O3P.C30H55O3P/c1-6-8-10-12-14-16-18-20-22-24-30-35-38(37-33-28-26-32(27-29-33)34(3,4)5)36-31-25-23-21-19-17-15-13-11-9-7-2;1-3-5-7-9-11-13-15-17-19-24-28-31-34(33-30-26-22-21-23-27-30)32-29-25-20-18-16-14-12-10-8-6-4-2/h26-29H,6-25,30-31H2,1-5H3;21-23,26-27H,3-20,24-25,28-29H2,1-2H3. The van der Waals surface area contributed by atoms with E-state index < -0.39 is 17.2 Å². The smallest absolute Gasteiger partial charge is 0.397 e. The van der Waals surface area contributed by atoms with Crippen LogP contribution in [0.5, 0.6) is 11.5 Å². The molecule has 0 atom stereocenters. The number of unbranched alkanes of at least 4 members (excludes halogenated alkanes) is 36.